The Balaban J connectivity index is 1.91. The lowest BCUT2D eigenvalue weighted by Crippen LogP contribution is -2.56. The Labute approximate surface area is 124 Å². The van der Waals surface area contributed by atoms with Crippen LogP contribution in [0.15, 0.2) is 23.1 Å². The Kier molecular flexibility index (Phi) is 3.67. The molecule has 2 unspecified atom stereocenters. The summed E-state index contributed by atoms with van der Waals surface area (Å²) in [5, 5.41) is 0. The van der Waals surface area contributed by atoms with Crippen LogP contribution in [0.3, 0.4) is 0 Å². The molecule has 2 aliphatic rings. The minimum Gasteiger partial charge on any atom is -0.396 e. The second-order valence-corrected chi connectivity index (χ2v) is 7.79. The molecule has 2 saturated heterocycles. The van der Waals surface area contributed by atoms with Gasteiger partial charge in [-0.3, -0.25) is 4.90 Å². The lowest BCUT2D eigenvalue weighted by molar-refractivity contribution is 0.117. The van der Waals surface area contributed by atoms with Gasteiger partial charge < -0.3 is 5.73 Å². The molecule has 0 radical (unpaired) electrons. The molecule has 2 N–H and O–H groups in total. The molecule has 0 amide bonds. The van der Waals surface area contributed by atoms with E-state index in [9.17, 15) is 12.8 Å². The molecule has 3 rings (SSSR count). The lowest BCUT2D eigenvalue weighted by atomic mass is 10.1. The normalized spacial score (nSPS) is 27.7. The third-order valence-corrected chi connectivity index (χ3v) is 6.43. The van der Waals surface area contributed by atoms with Crippen LogP contribution in [-0.4, -0.2) is 49.3 Å². The van der Waals surface area contributed by atoms with E-state index < -0.39 is 15.8 Å². The molecule has 0 spiro atoms. The highest BCUT2D eigenvalue weighted by Crippen LogP contribution is 2.29. The zero-order valence-electron chi connectivity index (χ0n) is 12.0. The van der Waals surface area contributed by atoms with Crippen molar-refractivity contribution in [3.8, 4) is 0 Å². The van der Waals surface area contributed by atoms with Gasteiger partial charge in [-0.25, -0.2) is 12.8 Å². The SMILES string of the molecule is CC1CN2CCCC2CN1S(=O)(=O)c1ccc(N)c(F)c1. The molecule has 21 heavy (non-hydrogen) atoms. The lowest BCUT2D eigenvalue weighted by Gasteiger charge is -2.41. The van der Waals surface area contributed by atoms with E-state index >= 15 is 0 Å². The molecule has 0 saturated carbocycles. The van der Waals surface area contributed by atoms with Crippen molar-refractivity contribution < 1.29 is 12.8 Å². The summed E-state index contributed by atoms with van der Waals surface area (Å²) in [6.45, 7) is 4.16. The van der Waals surface area contributed by atoms with Crippen LogP contribution >= 0.6 is 0 Å². The zero-order chi connectivity index (χ0) is 15.2. The molecular weight excluding hydrogens is 293 g/mol. The van der Waals surface area contributed by atoms with Crippen molar-refractivity contribution in [1.82, 2.24) is 9.21 Å². The second-order valence-electron chi connectivity index (χ2n) is 5.90. The van der Waals surface area contributed by atoms with Gasteiger partial charge >= 0.3 is 0 Å². The summed E-state index contributed by atoms with van der Waals surface area (Å²) in [5.41, 5.74) is 5.38. The van der Waals surface area contributed by atoms with E-state index in [0.717, 1.165) is 32.0 Å². The fourth-order valence-corrected chi connectivity index (χ4v) is 4.97. The van der Waals surface area contributed by atoms with Gasteiger partial charge in [-0.1, -0.05) is 0 Å². The smallest absolute Gasteiger partial charge is 0.243 e. The molecule has 0 aliphatic carbocycles. The van der Waals surface area contributed by atoms with Crippen LogP contribution in [0.4, 0.5) is 10.1 Å². The average Bonchev–Trinajstić information content (AvgIpc) is 2.87. The largest absolute Gasteiger partial charge is 0.396 e. The van der Waals surface area contributed by atoms with Gasteiger partial charge in [0.15, 0.2) is 0 Å². The molecule has 1 aromatic carbocycles. The molecule has 7 heteroatoms. The van der Waals surface area contributed by atoms with Crippen LogP contribution in [0.5, 0.6) is 0 Å². The molecule has 2 aliphatic heterocycles. The van der Waals surface area contributed by atoms with Gasteiger partial charge in [0.1, 0.15) is 5.82 Å². The highest BCUT2D eigenvalue weighted by atomic mass is 32.2. The van der Waals surface area contributed by atoms with E-state index in [1.807, 2.05) is 6.92 Å². The Morgan fingerprint density at radius 1 is 1.33 bits per heavy atom. The standard InChI is InChI=1S/C14H20FN3O2S/c1-10-8-17-6-2-3-11(17)9-18(10)21(19,20)12-4-5-14(16)13(15)7-12/h4-5,7,10-11H,2-3,6,8-9,16H2,1H3. The van der Waals surface area contributed by atoms with Crippen LogP contribution in [0, 0.1) is 5.82 Å². The Bertz CT molecular complexity index is 650. The Morgan fingerprint density at radius 2 is 2.10 bits per heavy atom. The Hall–Kier alpha value is -1.18. The van der Waals surface area contributed by atoms with Crippen molar-refractivity contribution in [1.29, 1.82) is 0 Å². The van der Waals surface area contributed by atoms with E-state index in [1.165, 1.54) is 16.4 Å². The summed E-state index contributed by atoms with van der Waals surface area (Å²) in [6, 6.07) is 3.87. The summed E-state index contributed by atoms with van der Waals surface area (Å²) in [4.78, 5) is 2.33. The van der Waals surface area contributed by atoms with E-state index in [-0.39, 0.29) is 22.7 Å². The number of hydrogen-bond donors (Lipinski definition) is 1. The third kappa shape index (κ3) is 2.54. The molecule has 0 aromatic heterocycles. The minimum absolute atomic E-state index is 0.0208. The number of rotatable bonds is 2. The van der Waals surface area contributed by atoms with Crippen molar-refractivity contribution in [2.24, 2.45) is 0 Å². The maximum atomic E-state index is 13.6. The van der Waals surface area contributed by atoms with Gasteiger partial charge in [0.05, 0.1) is 10.6 Å². The van der Waals surface area contributed by atoms with E-state index in [0.29, 0.717) is 6.54 Å². The van der Waals surface area contributed by atoms with Crippen LogP contribution in [0.2, 0.25) is 0 Å². The topological polar surface area (TPSA) is 66.6 Å². The van der Waals surface area contributed by atoms with Gasteiger partial charge in [-0.05, 0) is 44.5 Å². The number of anilines is 1. The van der Waals surface area contributed by atoms with Crippen LogP contribution in [-0.2, 0) is 10.0 Å². The number of nitrogen functional groups attached to an aromatic ring is 1. The first-order valence-electron chi connectivity index (χ1n) is 7.20. The summed E-state index contributed by atoms with van der Waals surface area (Å²) in [5.74, 6) is -0.691. The van der Waals surface area contributed by atoms with Crippen LogP contribution in [0.25, 0.3) is 0 Å². The quantitative estimate of drug-likeness (QED) is 0.835. The summed E-state index contributed by atoms with van der Waals surface area (Å²) in [7, 11) is -3.68. The molecular formula is C14H20FN3O2S. The van der Waals surface area contributed by atoms with Crippen molar-refractivity contribution in [3.05, 3.63) is 24.0 Å². The number of halogens is 1. The number of nitrogens with zero attached hydrogens (tertiary/aromatic N) is 2. The first kappa shape index (κ1) is 14.7. The predicted octanol–water partition coefficient (Wildman–Crippen LogP) is 1.27. The van der Waals surface area contributed by atoms with E-state index in [2.05, 4.69) is 4.90 Å². The number of nitrogens with two attached hydrogens (primary N) is 1. The Morgan fingerprint density at radius 3 is 2.81 bits per heavy atom. The molecule has 5 nitrogen and oxygen atoms in total. The molecule has 1 aromatic rings. The van der Waals surface area contributed by atoms with Crippen LogP contribution < -0.4 is 5.73 Å². The molecule has 116 valence electrons. The van der Waals surface area contributed by atoms with Gasteiger partial charge in [-0.2, -0.15) is 4.31 Å². The number of sulfonamides is 1. The van der Waals surface area contributed by atoms with Gasteiger partial charge in [0.2, 0.25) is 10.0 Å². The zero-order valence-corrected chi connectivity index (χ0v) is 12.8. The molecule has 2 fully saturated rings. The average molecular weight is 313 g/mol. The van der Waals surface area contributed by atoms with Crippen molar-refractivity contribution in [2.45, 2.75) is 36.7 Å². The monoisotopic (exact) mass is 313 g/mol. The van der Waals surface area contributed by atoms with Crippen LogP contribution in [0.1, 0.15) is 19.8 Å². The second kappa shape index (κ2) is 5.23. The number of benzene rings is 1. The molecule has 2 atom stereocenters. The third-order valence-electron chi connectivity index (χ3n) is 4.46. The number of piperazine rings is 1. The molecule has 2 heterocycles. The highest BCUT2D eigenvalue weighted by molar-refractivity contribution is 7.89. The summed E-state index contributed by atoms with van der Waals surface area (Å²) in [6.07, 6.45) is 2.14. The summed E-state index contributed by atoms with van der Waals surface area (Å²) < 4.78 is 40.6. The number of fused-ring (bicyclic) bond motifs is 1. The van der Waals surface area contributed by atoms with Gasteiger partial charge in [0, 0.05) is 25.2 Å². The summed E-state index contributed by atoms with van der Waals surface area (Å²) >= 11 is 0. The van der Waals surface area contributed by atoms with Crippen molar-refractivity contribution in [2.75, 3.05) is 25.4 Å². The first-order chi connectivity index (χ1) is 9.89. The van der Waals surface area contributed by atoms with E-state index in [1.54, 1.807) is 0 Å². The predicted molar refractivity (Wildman–Crippen MR) is 78.8 cm³/mol. The van der Waals surface area contributed by atoms with Crippen molar-refractivity contribution >= 4 is 15.7 Å². The molecule has 0 bridgehead atoms. The number of hydrogen-bond acceptors (Lipinski definition) is 4. The van der Waals surface area contributed by atoms with Gasteiger partial charge in [-0.15, -0.1) is 0 Å². The fourth-order valence-electron chi connectivity index (χ4n) is 3.30. The maximum Gasteiger partial charge on any atom is 0.243 e. The first-order valence-corrected chi connectivity index (χ1v) is 8.64. The highest BCUT2D eigenvalue weighted by Gasteiger charge is 2.40. The fraction of sp³-hybridized carbons (Fsp3) is 0.571. The van der Waals surface area contributed by atoms with E-state index in [4.69, 9.17) is 5.73 Å². The maximum absolute atomic E-state index is 13.6. The minimum atomic E-state index is -3.68. The van der Waals surface area contributed by atoms with Gasteiger partial charge in [0.25, 0.3) is 0 Å². The van der Waals surface area contributed by atoms with Crippen molar-refractivity contribution in [3.63, 3.8) is 0 Å².